The van der Waals surface area contributed by atoms with Gasteiger partial charge in [-0.3, -0.25) is 14.4 Å². The number of ether oxygens (including phenoxy) is 3. The molecule has 0 radical (unpaired) electrons. The Labute approximate surface area is 321 Å². The van der Waals surface area contributed by atoms with E-state index in [0.717, 1.165) is 57.8 Å². The zero-order chi connectivity index (χ0) is 38.0. The lowest BCUT2D eigenvalue weighted by atomic mass is 10.0. The first-order valence-electron chi connectivity index (χ1n) is 22.0. The maximum Gasteiger partial charge on any atom is 0.306 e. The minimum atomic E-state index is -0.792. The van der Waals surface area contributed by atoms with Crippen molar-refractivity contribution in [2.75, 3.05) is 13.2 Å². The summed E-state index contributed by atoms with van der Waals surface area (Å²) in [6.45, 7) is 6.42. The normalized spacial score (nSPS) is 12.3. The minimum absolute atomic E-state index is 0.0918. The molecule has 0 fully saturated rings. The largest absolute Gasteiger partial charge is 0.462 e. The van der Waals surface area contributed by atoms with Crippen molar-refractivity contribution in [1.29, 1.82) is 0 Å². The predicted octanol–water partition coefficient (Wildman–Crippen LogP) is 13.8. The van der Waals surface area contributed by atoms with Gasteiger partial charge in [-0.15, -0.1) is 0 Å². The second-order valence-corrected chi connectivity index (χ2v) is 14.6. The van der Waals surface area contributed by atoms with Gasteiger partial charge in [0.25, 0.3) is 0 Å². The first-order valence-corrected chi connectivity index (χ1v) is 22.0. The van der Waals surface area contributed by atoms with Gasteiger partial charge >= 0.3 is 17.9 Å². The molecule has 6 nitrogen and oxygen atoms in total. The third-order valence-electron chi connectivity index (χ3n) is 9.38. The zero-order valence-corrected chi connectivity index (χ0v) is 34.3. The van der Waals surface area contributed by atoms with Crippen molar-refractivity contribution in [1.82, 2.24) is 0 Å². The van der Waals surface area contributed by atoms with Crippen molar-refractivity contribution in [2.45, 2.75) is 226 Å². The van der Waals surface area contributed by atoms with Crippen molar-refractivity contribution in [3.63, 3.8) is 0 Å². The van der Waals surface area contributed by atoms with Crippen LogP contribution >= 0.6 is 0 Å². The highest BCUT2D eigenvalue weighted by molar-refractivity contribution is 5.71. The number of carbonyl (C=O) groups excluding carboxylic acids is 3. The van der Waals surface area contributed by atoms with Gasteiger partial charge < -0.3 is 14.2 Å². The van der Waals surface area contributed by atoms with Crippen LogP contribution in [0.1, 0.15) is 220 Å². The first kappa shape index (κ1) is 49.6. The van der Waals surface area contributed by atoms with Crippen molar-refractivity contribution < 1.29 is 28.6 Å². The van der Waals surface area contributed by atoms with Crippen LogP contribution < -0.4 is 0 Å². The summed E-state index contributed by atoms with van der Waals surface area (Å²) in [7, 11) is 0. The molecule has 302 valence electrons. The molecule has 0 amide bonds. The average Bonchev–Trinajstić information content (AvgIpc) is 3.14. The van der Waals surface area contributed by atoms with Crippen LogP contribution in [0, 0.1) is 0 Å². The van der Waals surface area contributed by atoms with Crippen LogP contribution in [0.15, 0.2) is 36.5 Å². The highest BCUT2D eigenvalue weighted by Gasteiger charge is 2.19. The van der Waals surface area contributed by atoms with Gasteiger partial charge in [0.15, 0.2) is 6.10 Å². The summed E-state index contributed by atoms with van der Waals surface area (Å²) in [4.78, 5) is 37.5. The first-order chi connectivity index (χ1) is 25.5. The molecule has 0 aromatic carbocycles. The number of hydrogen-bond acceptors (Lipinski definition) is 6. The molecule has 6 heteroatoms. The summed E-state index contributed by atoms with van der Waals surface area (Å²) in [5.41, 5.74) is 0. The predicted molar refractivity (Wildman–Crippen MR) is 219 cm³/mol. The Morgan fingerprint density at radius 1 is 0.404 bits per heavy atom. The lowest BCUT2D eigenvalue weighted by molar-refractivity contribution is -0.167. The van der Waals surface area contributed by atoms with Crippen molar-refractivity contribution in [3.05, 3.63) is 36.5 Å². The van der Waals surface area contributed by atoms with Crippen molar-refractivity contribution in [2.24, 2.45) is 0 Å². The van der Waals surface area contributed by atoms with Gasteiger partial charge in [0.1, 0.15) is 13.2 Å². The Kier molecular flexibility index (Phi) is 39.5. The average molecular weight is 731 g/mol. The summed E-state index contributed by atoms with van der Waals surface area (Å²) < 4.78 is 16.6. The number of unbranched alkanes of at least 4 members (excludes halogenated alkanes) is 22. The van der Waals surface area contributed by atoms with E-state index in [4.69, 9.17) is 14.2 Å². The topological polar surface area (TPSA) is 78.9 Å². The fraction of sp³-hybridized carbons (Fsp3) is 0.804. The van der Waals surface area contributed by atoms with Crippen LogP contribution in [-0.4, -0.2) is 37.2 Å². The molecule has 0 aliphatic heterocycles. The van der Waals surface area contributed by atoms with E-state index >= 15 is 0 Å². The highest BCUT2D eigenvalue weighted by atomic mass is 16.6. The Bertz CT molecular complexity index is 891. The smallest absolute Gasteiger partial charge is 0.306 e. The Morgan fingerprint density at radius 3 is 1.29 bits per heavy atom. The lowest BCUT2D eigenvalue weighted by Crippen LogP contribution is -2.30. The summed E-state index contributed by atoms with van der Waals surface area (Å²) in [6, 6.07) is 0. The molecule has 0 spiro atoms. The third-order valence-corrected chi connectivity index (χ3v) is 9.38. The SMILES string of the molecule is CC/C=C\C/C=C\CCCCC(=O)OC(COC(=O)CCC/C=C\CCCCCC)COC(=O)CCCCCCCCCCCCCCCCCC. The van der Waals surface area contributed by atoms with Gasteiger partial charge in [-0.1, -0.05) is 173 Å². The molecule has 0 saturated heterocycles. The molecule has 0 aliphatic rings. The number of hydrogen-bond donors (Lipinski definition) is 0. The van der Waals surface area contributed by atoms with Crippen molar-refractivity contribution >= 4 is 17.9 Å². The second kappa shape index (κ2) is 41.4. The molecule has 0 N–H and O–H groups in total. The molecule has 0 heterocycles. The molecule has 0 aromatic heterocycles. The molecule has 1 atom stereocenters. The van der Waals surface area contributed by atoms with Gasteiger partial charge in [0, 0.05) is 19.3 Å². The molecule has 0 saturated carbocycles. The molecule has 52 heavy (non-hydrogen) atoms. The summed E-state index contributed by atoms with van der Waals surface area (Å²) in [5.74, 6) is -0.967. The van der Waals surface area contributed by atoms with Crippen LogP contribution in [0.2, 0.25) is 0 Å². The molecule has 0 aromatic rings. The van der Waals surface area contributed by atoms with E-state index in [1.54, 1.807) is 0 Å². The lowest BCUT2D eigenvalue weighted by Gasteiger charge is -2.18. The Hall–Kier alpha value is -2.37. The van der Waals surface area contributed by atoms with E-state index in [0.29, 0.717) is 25.7 Å². The Balaban J connectivity index is 4.31. The zero-order valence-electron chi connectivity index (χ0n) is 34.3. The van der Waals surface area contributed by atoms with E-state index in [1.807, 2.05) is 0 Å². The van der Waals surface area contributed by atoms with Gasteiger partial charge in [-0.2, -0.15) is 0 Å². The molecular weight excluding hydrogens is 649 g/mol. The Morgan fingerprint density at radius 2 is 0.769 bits per heavy atom. The summed E-state index contributed by atoms with van der Waals surface area (Å²) in [5, 5.41) is 0. The van der Waals surface area contributed by atoms with Gasteiger partial charge in [0.05, 0.1) is 0 Å². The standard InChI is InChI=1S/C46H82O6/c1-4-7-10-13-16-19-20-21-22-23-24-25-28-30-33-36-39-45(48)51-42-43(52-46(49)40-37-34-31-27-18-15-12-9-6-3)41-50-44(47)38-35-32-29-26-17-14-11-8-5-2/h9,12,18,26-27,29,43H,4-8,10-11,13-17,19-25,28,30-42H2,1-3H3/b12-9-,27-18-,29-26-. The maximum absolute atomic E-state index is 12.6. The minimum Gasteiger partial charge on any atom is -0.462 e. The van der Waals surface area contributed by atoms with Crippen LogP contribution in [0.25, 0.3) is 0 Å². The molecule has 0 aliphatic carbocycles. The molecule has 1 unspecified atom stereocenters. The fourth-order valence-corrected chi connectivity index (χ4v) is 6.07. The van der Waals surface area contributed by atoms with Crippen LogP contribution in [-0.2, 0) is 28.6 Å². The second-order valence-electron chi connectivity index (χ2n) is 14.6. The monoisotopic (exact) mass is 731 g/mol. The summed E-state index contributed by atoms with van der Waals surface area (Å²) >= 11 is 0. The van der Waals surface area contributed by atoms with E-state index in [-0.39, 0.29) is 37.5 Å². The van der Waals surface area contributed by atoms with Crippen LogP contribution in [0.5, 0.6) is 0 Å². The highest BCUT2D eigenvalue weighted by Crippen LogP contribution is 2.15. The number of carbonyl (C=O) groups is 3. The van der Waals surface area contributed by atoms with Gasteiger partial charge in [-0.05, 0) is 64.2 Å². The number of rotatable bonds is 39. The molecule has 0 rings (SSSR count). The third kappa shape index (κ3) is 38.9. The summed E-state index contributed by atoms with van der Waals surface area (Å²) in [6.07, 6.45) is 45.8. The molecular formula is C46H82O6. The number of allylic oxidation sites excluding steroid dienone is 6. The van der Waals surface area contributed by atoms with Crippen molar-refractivity contribution in [3.8, 4) is 0 Å². The van der Waals surface area contributed by atoms with E-state index in [9.17, 15) is 14.4 Å². The quantitative estimate of drug-likeness (QED) is 0.0271. The van der Waals surface area contributed by atoms with E-state index in [1.165, 1.54) is 109 Å². The van der Waals surface area contributed by atoms with Crippen LogP contribution in [0.4, 0.5) is 0 Å². The van der Waals surface area contributed by atoms with Gasteiger partial charge in [-0.25, -0.2) is 0 Å². The number of esters is 3. The van der Waals surface area contributed by atoms with E-state index < -0.39 is 6.10 Å². The van der Waals surface area contributed by atoms with Gasteiger partial charge in [0.2, 0.25) is 0 Å². The maximum atomic E-state index is 12.6. The van der Waals surface area contributed by atoms with Crippen LogP contribution in [0.3, 0.4) is 0 Å². The molecule has 0 bridgehead atoms. The fourth-order valence-electron chi connectivity index (χ4n) is 6.07. The van der Waals surface area contributed by atoms with E-state index in [2.05, 4.69) is 57.2 Å².